The van der Waals surface area contributed by atoms with E-state index in [0.29, 0.717) is 6.10 Å². The Morgan fingerprint density at radius 1 is 1.40 bits per heavy atom. The van der Waals surface area contributed by atoms with Crippen LogP contribution in [0.3, 0.4) is 0 Å². The zero-order chi connectivity index (χ0) is 14.0. The maximum Gasteiger partial charge on any atom is 0.113 e. The van der Waals surface area contributed by atoms with Crippen LogP contribution < -0.4 is 5.32 Å². The Kier molecular flexibility index (Phi) is 4.43. The Hall–Kier alpha value is -0.450. The van der Waals surface area contributed by atoms with E-state index in [2.05, 4.69) is 19.3 Å². The molecule has 1 N–H and O–H groups in total. The smallest absolute Gasteiger partial charge is 0.113 e. The van der Waals surface area contributed by atoms with Crippen LogP contribution in [0.5, 0.6) is 0 Å². The van der Waals surface area contributed by atoms with E-state index >= 15 is 0 Å². The van der Waals surface area contributed by atoms with Crippen molar-refractivity contribution >= 4 is 11.3 Å². The van der Waals surface area contributed by atoms with E-state index in [1.165, 1.54) is 42.8 Å². The molecule has 1 aromatic rings. The van der Waals surface area contributed by atoms with Gasteiger partial charge in [0.1, 0.15) is 5.01 Å². The summed E-state index contributed by atoms with van der Waals surface area (Å²) in [6.45, 7) is 3.09. The van der Waals surface area contributed by atoms with Gasteiger partial charge >= 0.3 is 0 Å². The monoisotopic (exact) mass is 294 g/mol. The van der Waals surface area contributed by atoms with Gasteiger partial charge in [-0.25, -0.2) is 4.98 Å². The average molecular weight is 294 g/mol. The lowest BCUT2D eigenvalue weighted by Crippen LogP contribution is -2.47. The quantitative estimate of drug-likeness (QED) is 0.924. The van der Waals surface area contributed by atoms with Crippen LogP contribution in [0.15, 0.2) is 0 Å². The molecule has 0 spiro atoms. The number of hydrogen-bond donors (Lipinski definition) is 1. The first-order valence-electron chi connectivity index (χ1n) is 8.07. The number of ether oxygens (including phenoxy) is 1. The maximum absolute atomic E-state index is 5.94. The number of aryl methyl sites for hydroxylation is 2. The highest BCUT2D eigenvalue weighted by Crippen LogP contribution is 2.40. The largest absolute Gasteiger partial charge is 0.378 e. The third-order valence-corrected chi connectivity index (χ3v) is 6.16. The van der Waals surface area contributed by atoms with Gasteiger partial charge in [0.25, 0.3) is 0 Å². The molecule has 0 radical (unpaired) electrons. The molecular weight excluding hydrogens is 268 g/mol. The number of nitrogens with one attached hydrogen (secondary N) is 1. The van der Waals surface area contributed by atoms with Crippen molar-refractivity contribution in [3.8, 4) is 0 Å². The minimum absolute atomic E-state index is 0.0556. The molecule has 1 aliphatic carbocycles. The predicted molar refractivity (Wildman–Crippen MR) is 83.4 cm³/mol. The standard InChI is InChI=1S/C16H26N2OS/c1-3-6-12-11-16(17-2,9-10-19-12)15-18-13-7-4-5-8-14(13)20-15/h12,17H,3-11H2,1-2H3. The lowest BCUT2D eigenvalue weighted by atomic mass is 9.86. The van der Waals surface area contributed by atoms with Gasteiger partial charge in [-0.2, -0.15) is 0 Å². The van der Waals surface area contributed by atoms with Gasteiger partial charge in [0.2, 0.25) is 0 Å². The molecule has 1 aromatic heterocycles. The van der Waals surface area contributed by atoms with Gasteiger partial charge in [-0.05, 0) is 52.0 Å². The van der Waals surface area contributed by atoms with Gasteiger partial charge < -0.3 is 10.1 Å². The second-order valence-corrected chi connectivity index (χ2v) is 7.25. The highest BCUT2D eigenvalue weighted by Gasteiger charge is 2.40. The Balaban J connectivity index is 1.85. The zero-order valence-corrected chi connectivity index (χ0v) is 13.5. The molecule has 20 heavy (non-hydrogen) atoms. The SMILES string of the molecule is CCCC1CC(NC)(c2nc3c(s2)CCCC3)CCO1. The Morgan fingerprint density at radius 3 is 3.00 bits per heavy atom. The van der Waals surface area contributed by atoms with Gasteiger partial charge in [-0.1, -0.05) is 13.3 Å². The number of rotatable bonds is 4. The maximum atomic E-state index is 5.94. The Morgan fingerprint density at radius 2 is 2.25 bits per heavy atom. The van der Waals surface area contributed by atoms with Crippen molar-refractivity contribution in [2.75, 3.05) is 13.7 Å². The van der Waals surface area contributed by atoms with Gasteiger partial charge in [0.15, 0.2) is 0 Å². The predicted octanol–water partition coefficient (Wildman–Crippen LogP) is 3.42. The fraction of sp³-hybridized carbons (Fsp3) is 0.812. The van der Waals surface area contributed by atoms with Crippen LogP contribution >= 0.6 is 11.3 Å². The third kappa shape index (κ3) is 2.66. The molecule has 0 saturated carbocycles. The van der Waals surface area contributed by atoms with Crippen molar-refractivity contribution in [2.45, 2.75) is 69.9 Å². The van der Waals surface area contributed by atoms with Crippen molar-refractivity contribution < 1.29 is 4.74 Å². The van der Waals surface area contributed by atoms with E-state index in [-0.39, 0.29) is 5.54 Å². The summed E-state index contributed by atoms with van der Waals surface area (Å²) in [5.41, 5.74) is 1.43. The molecule has 4 heteroatoms. The van der Waals surface area contributed by atoms with E-state index in [9.17, 15) is 0 Å². The summed E-state index contributed by atoms with van der Waals surface area (Å²) in [4.78, 5) is 6.55. The van der Waals surface area contributed by atoms with Crippen LogP contribution in [-0.4, -0.2) is 24.7 Å². The number of fused-ring (bicyclic) bond motifs is 1. The van der Waals surface area contributed by atoms with Crippen molar-refractivity contribution in [1.29, 1.82) is 0 Å². The first-order valence-corrected chi connectivity index (χ1v) is 8.88. The number of aromatic nitrogens is 1. The number of hydrogen-bond acceptors (Lipinski definition) is 4. The molecule has 0 aromatic carbocycles. The van der Waals surface area contributed by atoms with E-state index < -0.39 is 0 Å². The first-order chi connectivity index (χ1) is 9.77. The summed E-state index contributed by atoms with van der Waals surface area (Å²) in [5.74, 6) is 0. The second-order valence-electron chi connectivity index (χ2n) is 6.16. The highest BCUT2D eigenvalue weighted by atomic mass is 32.1. The summed E-state index contributed by atoms with van der Waals surface area (Å²) in [6.07, 6.45) is 9.93. The van der Waals surface area contributed by atoms with Crippen molar-refractivity contribution in [3.63, 3.8) is 0 Å². The molecule has 2 aliphatic rings. The summed E-state index contributed by atoms with van der Waals surface area (Å²) >= 11 is 1.96. The molecule has 0 bridgehead atoms. The summed E-state index contributed by atoms with van der Waals surface area (Å²) in [6, 6.07) is 0. The van der Waals surface area contributed by atoms with Crippen molar-refractivity contribution in [1.82, 2.24) is 10.3 Å². The second kappa shape index (κ2) is 6.12. The van der Waals surface area contributed by atoms with Gasteiger partial charge in [-0.3, -0.25) is 0 Å². The van der Waals surface area contributed by atoms with Crippen LogP contribution in [0.1, 0.15) is 61.0 Å². The molecule has 3 rings (SSSR count). The fourth-order valence-electron chi connectivity index (χ4n) is 3.54. The molecule has 2 heterocycles. The lowest BCUT2D eigenvalue weighted by molar-refractivity contribution is -0.0330. The first kappa shape index (κ1) is 14.5. The topological polar surface area (TPSA) is 34.2 Å². The van der Waals surface area contributed by atoms with Gasteiger partial charge in [0.05, 0.1) is 17.3 Å². The highest BCUT2D eigenvalue weighted by molar-refractivity contribution is 7.11. The summed E-state index contributed by atoms with van der Waals surface area (Å²) < 4.78 is 5.94. The van der Waals surface area contributed by atoms with Crippen LogP contribution in [0, 0.1) is 0 Å². The molecule has 1 aliphatic heterocycles. The number of thiazole rings is 1. The molecule has 0 amide bonds. The zero-order valence-electron chi connectivity index (χ0n) is 12.7. The molecule has 2 atom stereocenters. The molecule has 2 unspecified atom stereocenters. The van der Waals surface area contributed by atoms with Crippen LogP contribution in [0.4, 0.5) is 0 Å². The minimum Gasteiger partial charge on any atom is -0.378 e. The Bertz CT molecular complexity index is 434. The third-order valence-electron chi connectivity index (χ3n) is 4.80. The number of nitrogens with zero attached hydrogens (tertiary/aromatic N) is 1. The normalized spacial score (nSPS) is 30.2. The average Bonchev–Trinajstić information content (AvgIpc) is 2.92. The summed E-state index contributed by atoms with van der Waals surface area (Å²) in [5, 5.41) is 4.92. The van der Waals surface area contributed by atoms with Crippen LogP contribution in [-0.2, 0) is 23.1 Å². The van der Waals surface area contributed by atoms with Gasteiger partial charge in [0, 0.05) is 11.5 Å². The molecule has 3 nitrogen and oxygen atoms in total. The molecule has 1 fully saturated rings. The van der Waals surface area contributed by atoms with Crippen LogP contribution in [0.2, 0.25) is 0 Å². The molecule has 112 valence electrons. The van der Waals surface area contributed by atoms with E-state index in [0.717, 1.165) is 25.9 Å². The Labute approximate surface area is 126 Å². The lowest BCUT2D eigenvalue weighted by Gasteiger charge is -2.39. The van der Waals surface area contributed by atoms with E-state index in [4.69, 9.17) is 9.72 Å². The van der Waals surface area contributed by atoms with Crippen molar-refractivity contribution in [3.05, 3.63) is 15.6 Å². The van der Waals surface area contributed by atoms with Gasteiger partial charge in [-0.15, -0.1) is 11.3 Å². The van der Waals surface area contributed by atoms with Crippen LogP contribution in [0.25, 0.3) is 0 Å². The van der Waals surface area contributed by atoms with E-state index in [1.807, 2.05) is 11.3 Å². The molecular formula is C16H26N2OS. The molecule has 1 saturated heterocycles. The van der Waals surface area contributed by atoms with E-state index in [1.54, 1.807) is 4.88 Å². The fourth-order valence-corrected chi connectivity index (χ4v) is 4.93. The minimum atomic E-state index is 0.0556. The summed E-state index contributed by atoms with van der Waals surface area (Å²) in [7, 11) is 2.09. The van der Waals surface area contributed by atoms with Crippen molar-refractivity contribution in [2.24, 2.45) is 0 Å².